The largest absolute Gasteiger partial charge is 0.494 e. The Morgan fingerprint density at radius 2 is 2.08 bits per heavy atom. The molecular weight excluding hydrogens is 325 g/mol. The number of carboxylic acid groups (broad SMARTS) is 1. The van der Waals surface area contributed by atoms with Crippen LogP contribution in [-0.4, -0.2) is 49.9 Å². The normalized spacial score (nSPS) is 26.1. The third kappa shape index (κ3) is 4.70. The smallest absolute Gasteiger partial charge is 0.290 e. The fraction of sp³-hybridized carbons (Fsp3) is 0.632. The quantitative estimate of drug-likeness (QED) is 0.842. The number of nitrogens with zero attached hydrogens (tertiary/aromatic N) is 1. The van der Waals surface area contributed by atoms with Crippen LogP contribution in [0.5, 0.6) is 5.75 Å². The lowest BCUT2D eigenvalue weighted by Gasteiger charge is -2.43. The van der Waals surface area contributed by atoms with Gasteiger partial charge in [0.05, 0.1) is 13.2 Å². The van der Waals surface area contributed by atoms with Crippen LogP contribution in [0.1, 0.15) is 37.7 Å². The van der Waals surface area contributed by atoms with Gasteiger partial charge in [-0.2, -0.15) is 0 Å². The minimum Gasteiger partial charge on any atom is -0.494 e. The summed E-state index contributed by atoms with van der Waals surface area (Å²) in [6.45, 7) is 2.71. The Bertz CT molecular complexity index is 568. The maximum Gasteiger partial charge on any atom is 0.290 e. The number of hydrogen-bond acceptors (Lipinski definition) is 4. The molecule has 1 spiro atoms. The SMILES string of the molecule is COc1ccc(CN2CCC[C@]3(CCC[C@H]3OC)C2)cc1F.O=CO. The minimum absolute atomic E-state index is 0.250. The molecule has 1 aliphatic heterocycles. The molecule has 2 fully saturated rings. The van der Waals surface area contributed by atoms with Crippen molar-refractivity contribution in [3.63, 3.8) is 0 Å². The second kappa shape index (κ2) is 9.15. The summed E-state index contributed by atoms with van der Waals surface area (Å²) in [4.78, 5) is 10.8. The van der Waals surface area contributed by atoms with Crippen molar-refractivity contribution >= 4 is 6.47 Å². The summed E-state index contributed by atoms with van der Waals surface area (Å²) in [6.07, 6.45) is 6.57. The van der Waals surface area contributed by atoms with Crippen molar-refractivity contribution in [3.8, 4) is 5.75 Å². The fourth-order valence-corrected chi connectivity index (χ4v) is 4.40. The molecule has 5 nitrogen and oxygen atoms in total. The monoisotopic (exact) mass is 353 g/mol. The number of rotatable bonds is 4. The van der Waals surface area contributed by atoms with Crippen LogP contribution in [0.3, 0.4) is 0 Å². The molecule has 0 unspecified atom stereocenters. The molecule has 140 valence electrons. The lowest BCUT2D eigenvalue weighted by molar-refractivity contribution is -0.122. The summed E-state index contributed by atoms with van der Waals surface area (Å²) in [5, 5.41) is 6.89. The maximum absolute atomic E-state index is 13.9. The van der Waals surface area contributed by atoms with Crippen molar-refractivity contribution in [2.45, 2.75) is 44.8 Å². The molecule has 1 N–H and O–H groups in total. The van der Waals surface area contributed by atoms with E-state index < -0.39 is 0 Å². The molecule has 1 aromatic carbocycles. The topological polar surface area (TPSA) is 59.0 Å². The summed E-state index contributed by atoms with van der Waals surface area (Å²) >= 11 is 0. The van der Waals surface area contributed by atoms with E-state index in [-0.39, 0.29) is 12.3 Å². The van der Waals surface area contributed by atoms with Crippen molar-refractivity contribution in [2.24, 2.45) is 5.41 Å². The number of methoxy groups -OCH3 is 2. The van der Waals surface area contributed by atoms with Gasteiger partial charge in [0.2, 0.25) is 0 Å². The third-order valence-electron chi connectivity index (χ3n) is 5.42. The molecule has 2 atom stereocenters. The molecule has 0 radical (unpaired) electrons. The van der Waals surface area contributed by atoms with Gasteiger partial charge in [-0.1, -0.05) is 12.5 Å². The molecular formula is C19H28FNO4. The van der Waals surface area contributed by atoms with E-state index >= 15 is 0 Å². The van der Waals surface area contributed by atoms with Gasteiger partial charge < -0.3 is 14.6 Å². The van der Waals surface area contributed by atoms with Crippen LogP contribution in [0.15, 0.2) is 18.2 Å². The van der Waals surface area contributed by atoms with E-state index in [1.807, 2.05) is 13.2 Å². The zero-order chi connectivity index (χ0) is 18.3. The van der Waals surface area contributed by atoms with Crippen LogP contribution in [-0.2, 0) is 16.1 Å². The van der Waals surface area contributed by atoms with Crippen molar-refractivity contribution < 1.29 is 23.8 Å². The zero-order valence-corrected chi connectivity index (χ0v) is 15.0. The minimum atomic E-state index is -0.276. The van der Waals surface area contributed by atoms with Gasteiger partial charge in [-0.25, -0.2) is 4.39 Å². The average molecular weight is 353 g/mol. The lowest BCUT2D eigenvalue weighted by Crippen LogP contribution is -2.47. The molecule has 1 aliphatic carbocycles. The van der Waals surface area contributed by atoms with Crippen LogP contribution in [0, 0.1) is 11.2 Å². The first kappa shape index (κ1) is 19.7. The number of piperidine rings is 1. The second-order valence-corrected chi connectivity index (χ2v) is 6.87. The van der Waals surface area contributed by atoms with E-state index in [0.29, 0.717) is 17.3 Å². The van der Waals surface area contributed by atoms with E-state index in [9.17, 15) is 4.39 Å². The van der Waals surface area contributed by atoms with Crippen molar-refractivity contribution in [3.05, 3.63) is 29.6 Å². The van der Waals surface area contributed by atoms with E-state index in [1.165, 1.54) is 39.2 Å². The van der Waals surface area contributed by atoms with Gasteiger partial charge >= 0.3 is 0 Å². The molecule has 0 amide bonds. The number of ether oxygens (including phenoxy) is 2. The lowest BCUT2D eigenvalue weighted by atomic mass is 9.76. The van der Waals surface area contributed by atoms with Crippen molar-refractivity contribution in [1.29, 1.82) is 0 Å². The molecule has 6 heteroatoms. The number of benzene rings is 1. The Morgan fingerprint density at radius 1 is 1.36 bits per heavy atom. The highest BCUT2D eigenvalue weighted by atomic mass is 19.1. The van der Waals surface area contributed by atoms with Crippen LogP contribution in [0.2, 0.25) is 0 Å². The summed E-state index contributed by atoms with van der Waals surface area (Å²) in [5.74, 6) is 0.0384. The van der Waals surface area contributed by atoms with Gasteiger partial charge in [-0.3, -0.25) is 9.69 Å². The zero-order valence-electron chi connectivity index (χ0n) is 15.0. The summed E-state index contributed by atoms with van der Waals surface area (Å²) in [6, 6.07) is 5.28. The summed E-state index contributed by atoms with van der Waals surface area (Å²) in [5.41, 5.74) is 1.33. The highest BCUT2D eigenvalue weighted by Crippen LogP contribution is 2.46. The Kier molecular flexibility index (Phi) is 7.20. The first-order valence-corrected chi connectivity index (χ1v) is 8.74. The van der Waals surface area contributed by atoms with E-state index in [4.69, 9.17) is 19.4 Å². The van der Waals surface area contributed by atoms with Crippen LogP contribution >= 0.6 is 0 Å². The Morgan fingerprint density at radius 3 is 2.72 bits per heavy atom. The van der Waals surface area contributed by atoms with Gasteiger partial charge in [0.1, 0.15) is 0 Å². The number of halogens is 1. The first-order chi connectivity index (χ1) is 12.1. The van der Waals surface area contributed by atoms with Crippen molar-refractivity contribution in [1.82, 2.24) is 4.90 Å². The molecule has 1 saturated carbocycles. The molecule has 1 heterocycles. The van der Waals surface area contributed by atoms with E-state index in [2.05, 4.69) is 4.90 Å². The standard InChI is InChI=1S/C18H26FNO2.CH2O2/c1-21-16-7-6-14(11-15(16)19)12-20-10-4-9-18(13-20)8-3-5-17(18)22-2;2-1-3/h6-7,11,17H,3-5,8-10,12-13H2,1-2H3;1H,(H,2,3)/t17-,18-;/m1./s1. The molecule has 3 rings (SSSR count). The predicted octanol–water partition coefficient (Wildman–Crippen LogP) is 3.32. The van der Waals surface area contributed by atoms with Crippen LogP contribution < -0.4 is 4.74 Å². The maximum atomic E-state index is 13.9. The Balaban J connectivity index is 0.000000701. The third-order valence-corrected chi connectivity index (χ3v) is 5.42. The summed E-state index contributed by atoms with van der Waals surface area (Å²) in [7, 11) is 3.34. The first-order valence-electron chi connectivity index (χ1n) is 8.74. The number of hydrogen-bond donors (Lipinski definition) is 1. The summed E-state index contributed by atoms with van der Waals surface area (Å²) < 4.78 is 24.6. The number of carbonyl (C=O) groups is 1. The second-order valence-electron chi connectivity index (χ2n) is 6.87. The molecule has 2 aliphatic rings. The highest BCUT2D eigenvalue weighted by Gasteiger charge is 2.45. The molecule has 0 bridgehead atoms. The van der Waals surface area contributed by atoms with Gasteiger partial charge in [0.25, 0.3) is 6.47 Å². The average Bonchev–Trinajstić information content (AvgIpc) is 2.97. The van der Waals surface area contributed by atoms with Crippen molar-refractivity contribution in [2.75, 3.05) is 27.3 Å². The van der Waals surface area contributed by atoms with E-state index in [0.717, 1.165) is 25.2 Å². The molecule has 25 heavy (non-hydrogen) atoms. The Hall–Kier alpha value is -1.66. The number of likely N-dealkylation sites (tertiary alicyclic amines) is 1. The van der Waals surface area contributed by atoms with Gasteiger partial charge in [0, 0.05) is 25.6 Å². The molecule has 1 aromatic rings. The van der Waals surface area contributed by atoms with Gasteiger partial charge in [0.15, 0.2) is 11.6 Å². The van der Waals surface area contributed by atoms with Gasteiger partial charge in [-0.15, -0.1) is 0 Å². The fourth-order valence-electron chi connectivity index (χ4n) is 4.40. The Labute approximate surface area is 148 Å². The van der Waals surface area contributed by atoms with Gasteiger partial charge in [-0.05, 0) is 49.9 Å². The molecule has 0 aromatic heterocycles. The predicted molar refractivity (Wildman–Crippen MR) is 93.2 cm³/mol. The van der Waals surface area contributed by atoms with E-state index in [1.54, 1.807) is 12.1 Å². The van der Waals surface area contributed by atoms with Crippen LogP contribution in [0.25, 0.3) is 0 Å². The van der Waals surface area contributed by atoms with Crippen LogP contribution in [0.4, 0.5) is 4.39 Å². The highest BCUT2D eigenvalue weighted by molar-refractivity contribution is 5.32. The molecule has 1 saturated heterocycles.